The Morgan fingerprint density at radius 1 is 1.06 bits per heavy atom. The molecule has 0 rings (SSSR count). The molecule has 0 fully saturated rings. The maximum absolute atomic E-state index is 10.8. The van der Waals surface area contributed by atoms with Crippen LogP contribution in [-0.2, 0) is 9.59 Å². The van der Waals surface area contributed by atoms with Crippen LogP contribution in [0.5, 0.6) is 0 Å². The van der Waals surface area contributed by atoms with Gasteiger partial charge >= 0.3 is 11.9 Å². The van der Waals surface area contributed by atoms with Gasteiger partial charge in [0.25, 0.3) is 0 Å². The monoisotopic (exact) mass is 300 g/mol. The Labute approximate surface area is 115 Å². The van der Waals surface area contributed by atoms with Crippen LogP contribution in [0, 0.1) is 0 Å². The molecule has 0 aromatic heterocycles. The molecule has 0 amide bonds. The summed E-state index contributed by atoms with van der Waals surface area (Å²) >= 11 is 2.35. The zero-order chi connectivity index (χ0) is 14.6. The van der Waals surface area contributed by atoms with E-state index in [1.807, 2.05) is 0 Å². The van der Waals surface area contributed by atoms with Gasteiger partial charge in [-0.1, -0.05) is 6.92 Å². The second-order valence-corrected chi connectivity index (χ2v) is 6.43. The third-order valence-electron chi connectivity index (χ3n) is 1.63. The summed E-state index contributed by atoms with van der Waals surface area (Å²) in [6.45, 7) is 3.11. The Bertz CT molecular complexity index is 239. The topological polar surface area (TPSA) is 115 Å². The highest BCUT2D eigenvalue weighted by molar-refractivity contribution is 8.19. The van der Waals surface area contributed by atoms with Crippen molar-refractivity contribution in [2.75, 3.05) is 24.7 Å². The molecule has 108 valence electrons. The summed E-state index contributed by atoms with van der Waals surface area (Å²) in [6.07, 6.45) is 0.222. The zero-order valence-corrected chi connectivity index (χ0v) is 12.1. The lowest BCUT2D eigenvalue weighted by Gasteiger charge is -2.22. The summed E-state index contributed by atoms with van der Waals surface area (Å²) in [5, 5.41) is 33.7. The van der Waals surface area contributed by atoms with E-state index in [2.05, 4.69) is 0 Å². The number of carboxylic acids is 2. The van der Waals surface area contributed by atoms with Gasteiger partial charge in [0, 0.05) is 17.9 Å². The van der Waals surface area contributed by atoms with Gasteiger partial charge in [-0.25, -0.2) is 4.79 Å². The number of carbonyl (C=O) groups is 2. The average Bonchev–Trinajstić information content (AvgIpc) is 2.34. The molecule has 0 aliphatic heterocycles. The van der Waals surface area contributed by atoms with Crippen LogP contribution in [0.25, 0.3) is 0 Å². The predicted octanol–water partition coefficient (Wildman–Crippen LogP) is 0.719. The van der Waals surface area contributed by atoms with Crippen LogP contribution in [-0.4, -0.2) is 61.2 Å². The van der Waals surface area contributed by atoms with Gasteiger partial charge < -0.3 is 20.4 Å². The Balaban J connectivity index is 0. The molecule has 0 bridgehead atoms. The van der Waals surface area contributed by atoms with Crippen LogP contribution in [0.4, 0.5) is 0 Å². The van der Waals surface area contributed by atoms with E-state index in [-0.39, 0.29) is 19.6 Å². The highest BCUT2D eigenvalue weighted by atomic mass is 32.2. The Kier molecular flexibility index (Phi) is 12.9. The second-order valence-electron chi connectivity index (χ2n) is 3.14. The van der Waals surface area contributed by atoms with E-state index in [1.165, 1.54) is 23.5 Å². The van der Waals surface area contributed by atoms with Gasteiger partial charge in [0.2, 0.25) is 0 Å². The van der Waals surface area contributed by atoms with Gasteiger partial charge in [-0.3, -0.25) is 4.79 Å². The quantitative estimate of drug-likeness (QED) is 0.485. The lowest BCUT2D eigenvalue weighted by atomic mass is 10.5. The third kappa shape index (κ3) is 10.7. The fourth-order valence-electron chi connectivity index (χ4n) is 0.646. The predicted molar refractivity (Wildman–Crippen MR) is 73.1 cm³/mol. The van der Waals surface area contributed by atoms with E-state index in [9.17, 15) is 9.59 Å². The van der Waals surface area contributed by atoms with E-state index in [0.717, 1.165) is 0 Å². The number of hydrogen-bond donors (Lipinski definition) is 4. The van der Waals surface area contributed by atoms with E-state index in [1.54, 1.807) is 13.8 Å². The molecule has 4 N–H and O–H groups in total. The summed E-state index contributed by atoms with van der Waals surface area (Å²) in [6, 6.07) is 0. The number of thioether (sulfide) groups is 2. The molecular weight excluding hydrogens is 280 g/mol. The molecule has 0 aliphatic carbocycles. The molecule has 0 spiro atoms. The number of aliphatic hydroxyl groups is 2. The molecular formula is C10H20O6S2. The van der Waals surface area contributed by atoms with Gasteiger partial charge in [0.1, 0.15) is 0 Å². The van der Waals surface area contributed by atoms with Crippen molar-refractivity contribution in [1.82, 2.24) is 0 Å². The van der Waals surface area contributed by atoms with Gasteiger partial charge in [0.05, 0.1) is 13.2 Å². The fraction of sp³-hybridized carbons (Fsp3) is 0.800. The van der Waals surface area contributed by atoms with Crippen LogP contribution in [0.1, 0.15) is 20.3 Å². The van der Waals surface area contributed by atoms with Crippen LogP contribution in [0.3, 0.4) is 0 Å². The van der Waals surface area contributed by atoms with E-state index >= 15 is 0 Å². The minimum absolute atomic E-state index is 0.0345. The molecule has 0 aromatic rings. The normalized spacial score (nSPS) is 10.4. The van der Waals surface area contributed by atoms with Crippen molar-refractivity contribution in [1.29, 1.82) is 0 Å². The standard InChI is InChI=1S/C7H14O4S2.C3H6O2/c1-7(6(10)11,12-4-2-8)13-5-3-9;1-2-3(4)5/h8-9H,2-5H2,1H3,(H,10,11);2H2,1H3,(H,4,5). The van der Waals surface area contributed by atoms with Crippen molar-refractivity contribution in [2.24, 2.45) is 0 Å². The van der Waals surface area contributed by atoms with Crippen LogP contribution in [0.15, 0.2) is 0 Å². The molecule has 0 saturated heterocycles. The van der Waals surface area contributed by atoms with Gasteiger partial charge in [-0.2, -0.15) is 0 Å². The lowest BCUT2D eigenvalue weighted by Crippen LogP contribution is -2.29. The number of carboxylic acid groups (broad SMARTS) is 2. The van der Waals surface area contributed by atoms with E-state index in [4.69, 9.17) is 20.4 Å². The van der Waals surface area contributed by atoms with Crippen molar-refractivity contribution in [3.63, 3.8) is 0 Å². The Hall–Kier alpha value is -0.440. The van der Waals surface area contributed by atoms with Crippen molar-refractivity contribution in [3.8, 4) is 0 Å². The molecule has 0 aliphatic rings. The molecule has 0 aromatic carbocycles. The molecule has 0 saturated carbocycles. The molecule has 0 heterocycles. The first-order chi connectivity index (χ1) is 8.33. The number of aliphatic hydroxyl groups excluding tert-OH is 2. The molecule has 18 heavy (non-hydrogen) atoms. The highest BCUT2D eigenvalue weighted by Gasteiger charge is 2.33. The highest BCUT2D eigenvalue weighted by Crippen LogP contribution is 2.36. The molecule has 0 unspecified atom stereocenters. The minimum Gasteiger partial charge on any atom is -0.481 e. The Morgan fingerprint density at radius 3 is 1.56 bits per heavy atom. The van der Waals surface area contributed by atoms with E-state index in [0.29, 0.717) is 11.5 Å². The first-order valence-corrected chi connectivity index (χ1v) is 7.26. The van der Waals surface area contributed by atoms with Crippen molar-refractivity contribution in [2.45, 2.75) is 24.3 Å². The smallest absolute Gasteiger partial charge is 0.329 e. The number of rotatable bonds is 8. The first kappa shape index (κ1) is 19.9. The summed E-state index contributed by atoms with van der Waals surface area (Å²) in [4.78, 5) is 20.2. The molecule has 0 radical (unpaired) electrons. The zero-order valence-electron chi connectivity index (χ0n) is 10.5. The first-order valence-electron chi connectivity index (χ1n) is 5.28. The SMILES string of the molecule is CC(SCCO)(SCCO)C(=O)O.CCC(=O)O. The second kappa shape index (κ2) is 11.6. The lowest BCUT2D eigenvalue weighted by molar-refractivity contribution is -0.137. The van der Waals surface area contributed by atoms with Crippen LogP contribution < -0.4 is 0 Å². The molecule has 0 atom stereocenters. The van der Waals surface area contributed by atoms with Gasteiger partial charge in [-0.15, -0.1) is 23.5 Å². The minimum atomic E-state index is -0.967. The Morgan fingerprint density at radius 2 is 1.39 bits per heavy atom. The molecule has 6 nitrogen and oxygen atoms in total. The van der Waals surface area contributed by atoms with Gasteiger partial charge in [0.15, 0.2) is 4.08 Å². The summed E-state index contributed by atoms with van der Waals surface area (Å²) < 4.78 is -0.967. The largest absolute Gasteiger partial charge is 0.481 e. The van der Waals surface area contributed by atoms with E-state index < -0.39 is 16.0 Å². The maximum atomic E-state index is 10.8. The van der Waals surface area contributed by atoms with Gasteiger partial charge in [-0.05, 0) is 6.92 Å². The average molecular weight is 300 g/mol. The molecule has 8 heteroatoms. The fourth-order valence-corrected chi connectivity index (χ4v) is 2.69. The number of hydrogen-bond acceptors (Lipinski definition) is 6. The van der Waals surface area contributed by atoms with Crippen LogP contribution >= 0.6 is 23.5 Å². The van der Waals surface area contributed by atoms with Crippen molar-refractivity contribution in [3.05, 3.63) is 0 Å². The third-order valence-corrected chi connectivity index (χ3v) is 4.56. The summed E-state index contributed by atoms with van der Waals surface area (Å²) in [7, 11) is 0. The number of aliphatic carboxylic acids is 2. The summed E-state index contributed by atoms with van der Waals surface area (Å²) in [5.74, 6) is -0.892. The summed E-state index contributed by atoms with van der Waals surface area (Å²) in [5.41, 5.74) is 0. The van der Waals surface area contributed by atoms with Crippen molar-refractivity contribution >= 4 is 35.5 Å². The van der Waals surface area contributed by atoms with Crippen LogP contribution in [0.2, 0.25) is 0 Å². The maximum Gasteiger partial charge on any atom is 0.329 e. The van der Waals surface area contributed by atoms with Crippen molar-refractivity contribution < 1.29 is 30.0 Å².